The van der Waals surface area contributed by atoms with Crippen molar-refractivity contribution in [1.82, 2.24) is 25.0 Å². The van der Waals surface area contributed by atoms with Crippen molar-refractivity contribution < 1.29 is 23.2 Å². The van der Waals surface area contributed by atoms with Crippen LogP contribution in [0, 0.1) is 5.82 Å². The van der Waals surface area contributed by atoms with Gasteiger partial charge in [0.15, 0.2) is 0 Å². The van der Waals surface area contributed by atoms with Crippen LogP contribution in [0.15, 0.2) is 65.3 Å². The fraction of sp³-hybridized carbons (Fsp3) is 0.160. The normalized spacial score (nSPS) is 13.7. The number of rotatable bonds is 7. The summed E-state index contributed by atoms with van der Waals surface area (Å²) in [7, 11) is 1.66. The molecule has 0 radical (unpaired) electrons. The first-order chi connectivity index (χ1) is 17.3. The van der Waals surface area contributed by atoms with Crippen LogP contribution in [0.1, 0.15) is 36.8 Å². The molecule has 1 aliphatic rings. The molecule has 182 valence electrons. The number of aryl methyl sites for hydroxylation is 1. The van der Waals surface area contributed by atoms with E-state index in [0.717, 1.165) is 4.90 Å². The molecule has 0 aliphatic carbocycles. The van der Waals surface area contributed by atoms with Crippen molar-refractivity contribution in [2.45, 2.75) is 12.5 Å². The highest BCUT2D eigenvalue weighted by Gasteiger charge is 2.37. The summed E-state index contributed by atoms with van der Waals surface area (Å²) in [5, 5.41) is 7.12. The largest absolute Gasteiger partial charge is 0.429 e. The Bertz CT molecular complexity index is 1440. The van der Waals surface area contributed by atoms with Gasteiger partial charge >= 0.3 is 0 Å². The number of hydrogen-bond acceptors (Lipinski definition) is 6. The lowest BCUT2D eigenvalue weighted by Crippen LogP contribution is -2.46. The molecule has 2 aromatic carbocycles. The third-order valence-corrected chi connectivity index (χ3v) is 6.09. The van der Waals surface area contributed by atoms with E-state index in [0.29, 0.717) is 27.4 Å². The second-order valence-corrected chi connectivity index (χ2v) is 8.67. The Labute approximate surface area is 209 Å². The van der Waals surface area contributed by atoms with E-state index in [-0.39, 0.29) is 24.6 Å². The topological polar surface area (TPSA) is 110 Å². The molecule has 1 N–H and O–H groups in total. The molecule has 0 fully saturated rings. The number of imide groups is 1. The van der Waals surface area contributed by atoms with Gasteiger partial charge in [-0.2, -0.15) is 5.10 Å². The van der Waals surface area contributed by atoms with Crippen molar-refractivity contribution in [3.05, 3.63) is 94.2 Å². The van der Waals surface area contributed by atoms with Gasteiger partial charge in [-0.05, 0) is 36.2 Å². The first-order valence-electron chi connectivity index (χ1n) is 11.0. The number of hydrogen-bond donors (Lipinski definition) is 1. The van der Waals surface area contributed by atoms with Crippen molar-refractivity contribution in [3.8, 4) is 11.6 Å². The fourth-order valence-electron chi connectivity index (χ4n) is 4.13. The van der Waals surface area contributed by atoms with Crippen molar-refractivity contribution in [2.24, 2.45) is 7.05 Å². The molecular formula is C25H19ClFN5O4. The first-order valence-corrected chi connectivity index (χ1v) is 11.3. The Morgan fingerprint density at radius 3 is 2.47 bits per heavy atom. The summed E-state index contributed by atoms with van der Waals surface area (Å²) in [6.45, 7) is -0.122. The van der Waals surface area contributed by atoms with Crippen LogP contribution in [0.4, 0.5) is 4.39 Å². The molecule has 1 atom stereocenters. The number of carbonyl (C=O) groups excluding carboxylic acids is 3. The van der Waals surface area contributed by atoms with E-state index in [1.165, 1.54) is 29.2 Å². The molecule has 0 saturated carbocycles. The summed E-state index contributed by atoms with van der Waals surface area (Å²) < 4.78 is 20.9. The number of aromatic nitrogens is 3. The Kier molecular flexibility index (Phi) is 6.11. The van der Waals surface area contributed by atoms with E-state index in [9.17, 15) is 18.8 Å². The monoisotopic (exact) mass is 507 g/mol. The summed E-state index contributed by atoms with van der Waals surface area (Å²) in [5.74, 6) is -1.97. The molecule has 0 saturated heterocycles. The summed E-state index contributed by atoms with van der Waals surface area (Å²) in [6.07, 6.45) is 2.83. The lowest BCUT2D eigenvalue weighted by molar-refractivity contribution is 0.0627. The number of halogens is 2. The summed E-state index contributed by atoms with van der Waals surface area (Å²) in [6, 6.07) is 11.7. The third kappa shape index (κ3) is 4.38. The quantitative estimate of drug-likeness (QED) is 0.383. The van der Waals surface area contributed by atoms with Gasteiger partial charge in [0.2, 0.25) is 11.7 Å². The van der Waals surface area contributed by atoms with Gasteiger partial charge in [0, 0.05) is 13.6 Å². The molecule has 11 heteroatoms. The zero-order valence-corrected chi connectivity index (χ0v) is 19.7. The van der Waals surface area contributed by atoms with E-state index < -0.39 is 29.6 Å². The number of fused-ring (bicyclic) bond motifs is 1. The second kappa shape index (κ2) is 9.38. The maximum absolute atomic E-state index is 13.8. The van der Waals surface area contributed by atoms with Gasteiger partial charge < -0.3 is 9.73 Å². The molecule has 9 nitrogen and oxygen atoms in total. The van der Waals surface area contributed by atoms with Crippen LogP contribution < -0.4 is 5.32 Å². The van der Waals surface area contributed by atoms with Crippen LogP contribution >= 0.6 is 11.6 Å². The minimum Gasteiger partial charge on any atom is -0.429 e. The van der Waals surface area contributed by atoms with Gasteiger partial charge in [0.05, 0.1) is 34.6 Å². The van der Waals surface area contributed by atoms with E-state index in [1.807, 2.05) is 0 Å². The van der Waals surface area contributed by atoms with Gasteiger partial charge in [0.25, 0.3) is 17.7 Å². The standard InChI is InChI=1S/C25H19ClFN5O4/c1-31-21(19(26)11-29-31)23-28-12-20(36-23)22(33)30-16(10-14-5-4-6-15(27)9-14)13-32-24(34)17-7-2-3-8-18(17)25(32)35/h2-9,11-12,16H,10,13H2,1H3,(H,30,33)/t16-/m0/s1. The average Bonchev–Trinajstić information content (AvgIpc) is 3.53. The lowest BCUT2D eigenvalue weighted by Gasteiger charge is -2.23. The summed E-state index contributed by atoms with van der Waals surface area (Å²) in [5.41, 5.74) is 1.58. The number of benzene rings is 2. The van der Waals surface area contributed by atoms with Crippen molar-refractivity contribution in [1.29, 1.82) is 0 Å². The number of nitrogens with zero attached hydrogens (tertiary/aromatic N) is 4. The van der Waals surface area contributed by atoms with Crippen molar-refractivity contribution in [2.75, 3.05) is 6.54 Å². The molecule has 1 aliphatic heterocycles. The van der Waals surface area contributed by atoms with E-state index in [2.05, 4.69) is 15.4 Å². The molecule has 0 unspecified atom stereocenters. The minimum absolute atomic E-state index is 0.103. The van der Waals surface area contributed by atoms with E-state index in [1.54, 1.807) is 43.4 Å². The highest BCUT2D eigenvalue weighted by Crippen LogP contribution is 2.27. The third-order valence-electron chi connectivity index (χ3n) is 5.81. The number of nitrogens with one attached hydrogen (secondary N) is 1. The molecule has 0 bridgehead atoms. The predicted octanol–water partition coefficient (Wildman–Crippen LogP) is 3.50. The molecule has 5 rings (SSSR count). The molecule has 36 heavy (non-hydrogen) atoms. The zero-order chi connectivity index (χ0) is 25.4. The summed E-state index contributed by atoms with van der Waals surface area (Å²) in [4.78, 5) is 44.0. The van der Waals surface area contributed by atoms with Crippen molar-refractivity contribution >= 4 is 29.3 Å². The minimum atomic E-state index is -0.740. The number of oxazole rings is 1. The van der Waals surface area contributed by atoms with Gasteiger partial charge in [-0.3, -0.25) is 24.0 Å². The lowest BCUT2D eigenvalue weighted by atomic mass is 10.0. The highest BCUT2D eigenvalue weighted by molar-refractivity contribution is 6.32. The van der Waals surface area contributed by atoms with Crippen LogP contribution in [0.25, 0.3) is 11.6 Å². The SMILES string of the molecule is Cn1ncc(Cl)c1-c1ncc(C(=O)N[C@@H](Cc2cccc(F)c2)CN2C(=O)c3ccccc3C2=O)o1. The Morgan fingerprint density at radius 1 is 1.11 bits per heavy atom. The van der Waals surface area contributed by atoms with Gasteiger partial charge in [-0.25, -0.2) is 9.37 Å². The maximum atomic E-state index is 13.8. The van der Waals surface area contributed by atoms with E-state index in [4.69, 9.17) is 16.0 Å². The first kappa shape index (κ1) is 23.4. The molecule has 3 heterocycles. The smallest absolute Gasteiger partial charge is 0.289 e. The van der Waals surface area contributed by atoms with Crippen LogP contribution in [-0.2, 0) is 13.5 Å². The average molecular weight is 508 g/mol. The highest BCUT2D eigenvalue weighted by atomic mass is 35.5. The molecule has 2 aromatic heterocycles. The number of carbonyl (C=O) groups is 3. The molecule has 3 amide bonds. The van der Waals surface area contributed by atoms with Gasteiger partial charge in [0.1, 0.15) is 11.5 Å². The molecule has 4 aromatic rings. The maximum Gasteiger partial charge on any atom is 0.289 e. The second-order valence-electron chi connectivity index (χ2n) is 8.27. The Hall–Kier alpha value is -4.31. The predicted molar refractivity (Wildman–Crippen MR) is 127 cm³/mol. The van der Waals surface area contributed by atoms with E-state index >= 15 is 0 Å². The molecule has 0 spiro atoms. The fourth-order valence-corrected chi connectivity index (χ4v) is 4.38. The number of amides is 3. The van der Waals surface area contributed by atoms with Crippen LogP contribution in [0.5, 0.6) is 0 Å². The van der Waals surface area contributed by atoms with Crippen LogP contribution in [0.3, 0.4) is 0 Å². The van der Waals surface area contributed by atoms with Gasteiger partial charge in [-0.1, -0.05) is 35.9 Å². The molecular weight excluding hydrogens is 489 g/mol. The van der Waals surface area contributed by atoms with Crippen LogP contribution in [-0.4, -0.2) is 50.0 Å². The van der Waals surface area contributed by atoms with Gasteiger partial charge in [-0.15, -0.1) is 0 Å². The Morgan fingerprint density at radius 2 is 1.83 bits per heavy atom. The Balaban J connectivity index is 1.39. The zero-order valence-electron chi connectivity index (χ0n) is 18.9. The van der Waals surface area contributed by atoms with Crippen molar-refractivity contribution in [3.63, 3.8) is 0 Å². The summed E-state index contributed by atoms with van der Waals surface area (Å²) >= 11 is 6.13. The van der Waals surface area contributed by atoms with Crippen LogP contribution in [0.2, 0.25) is 5.02 Å².